The summed E-state index contributed by atoms with van der Waals surface area (Å²) in [5.41, 5.74) is 7.08. The van der Waals surface area contributed by atoms with Gasteiger partial charge < -0.3 is 15.4 Å². The molecule has 104 valence electrons. The van der Waals surface area contributed by atoms with Crippen molar-refractivity contribution in [3.05, 3.63) is 35.9 Å². The lowest BCUT2D eigenvalue weighted by Crippen LogP contribution is -2.49. The summed E-state index contributed by atoms with van der Waals surface area (Å²) in [5.74, 6) is 0.0121. The van der Waals surface area contributed by atoms with Crippen molar-refractivity contribution >= 4 is 5.91 Å². The van der Waals surface area contributed by atoms with E-state index < -0.39 is 6.04 Å². The zero-order chi connectivity index (χ0) is 13.7. The molecule has 19 heavy (non-hydrogen) atoms. The van der Waals surface area contributed by atoms with Gasteiger partial charge in [0.2, 0.25) is 5.91 Å². The second kappa shape index (κ2) is 6.68. The second-order valence-electron chi connectivity index (χ2n) is 5.06. The SMILES string of the molecule is CC(OCc1ccccc1)C(N)C(=O)N1CCCC1. The van der Waals surface area contributed by atoms with Crippen LogP contribution in [0.25, 0.3) is 0 Å². The number of ether oxygens (including phenoxy) is 1. The van der Waals surface area contributed by atoms with Crippen LogP contribution in [-0.2, 0) is 16.1 Å². The molecule has 0 spiro atoms. The standard InChI is InChI=1S/C15H22N2O2/c1-12(19-11-13-7-3-2-4-8-13)14(16)15(18)17-9-5-6-10-17/h2-4,7-8,12,14H,5-6,9-11,16H2,1H3. The third kappa shape index (κ3) is 3.78. The summed E-state index contributed by atoms with van der Waals surface area (Å²) in [6, 6.07) is 9.34. The minimum Gasteiger partial charge on any atom is -0.372 e. The van der Waals surface area contributed by atoms with Crippen LogP contribution in [0.1, 0.15) is 25.3 Å². The van der Waals surface area contributed by atoms with Crippen molar-refractivity contribution in [2.75, 3.05) is 13.1 Å². The molecule has 1 amide bonds. The van der Waals surface area contributed by atoms with Crippen LogP contribution in [0.15, 0.2) is 30.3 Å². The molecule has 0 radical (unpaired) electrons. The maximum atomic E-state index is 12.1. The average molecular weight is 262 g/mol. The fourth-order valence-electron chi connectivity index (χ4n) is 2.25. The number of nitrogens with two attached hydrogens (primary N) is 1. The van der Waals surface area contributed by atoms with Crippen molar-refractivity contribution < 1.29 is 9.53 Å². The van der Waals surface area contributed by atoms with Crippen molar-refractivity contribution in [2.24, 2.45) is 5.73 Å². The van der Waals surface area contributed by atoms with E-state index in [9.17, 15) is 4.79 Å². The van der Waals surface area contributed by atoms with E-state index in [1.807, 2.05) is 42.2 Å². The van der Waals surface area contributed by atoms with Gasteiger partial charge in [-0.25, -0.2) is 0 Å². The number of carbonyl (C=O) groups is 1. The Morgan fingerprint density at radius 1 is 1.32 bits per heavy atom. The molecule has 0 aliphatic carbocycles. The van der Waals surface area contributed by atoms with E-state index in [1.165, 1.54) is 0 Å². The molecule has 2 unspecified atom stereocenters. The zero-order valence-electron chi connectivity index (χ0n) is 11.4. The first-order valence-corrected chi connectivity index (χ1v) is 6.88. The summed E-state index contributed by atoms with van der Waals surface area (Å²) in [6.07, 6.45) is 1.89. The van der Waals surface area contributed by atoms with Gasteiger partial charge in [0, 0.05) is 13.1 Å². The number of hydrogen-bond acceptors (Lipinski definition) is 3. The average Bonchev–Trinajstić information content (AvgIpc) is 2.98. The first kappa shape index (κ1) is 14.0. The highest BCUT2D eigenvalue weighted by Gasteiger charge is 2.28. The topological polar surface area (TPSA) is 55.6 Å². The molecule has 1 aliphatic rings. The highest BCUT2D eigenvalue weighted by molar-refractivity contribution is 5.82. The summed E-state index contributed by atoms with van der Waals surface area (Å²) in [4.78, 5) is 14.0. The van der Waals surface area contributed by atoms with Gasteiger partial charge in [-0.1, -0.05) is 30.3 Å². The normalized spacial score (nSPS) is 18.3. The van der Waals surface area contributed by atoms with E-state index in [1.54, 1.807) is 0 Å². The lowest BCUT2D eigenvalue weighted by atomic mass is 10.1. The predicted molar refractivity (Wildman–Crippen MR) is 74.5 cm³/mol. The molecule has 4 heteroatoms. The Bertz CT molecular complexity index is 402. The van der Waals surface area contributed by atoms with E-state index in [4.69, 9.17) is 10.5 Å². The summed E-state index contributed by atoms with van der Waals surface area (Å²) in [6.45, 7) is 4.01. The first-order chi connectivity index (χ1) is 9.18. The molecule has 1 saturated heterocycles. The van der Waals surface area contributed by atoms with Crippen molar-refractivity contribution in [3.8, 4) is 0 Å². The number of carbonyl (C=O) groups excluding carboxylic acids is 1. The quantitative estimate of drug-likeness (QED) is 0.875. The van der Waals surface area contributed by atoms with Gasteiger partial charge in [0.05, 0.1) is 12.7 Å². The molecule has 4 nitrogen and oxygen atoms in total. The maximum absolute atomic E-state index is 12.1. The van der Waals surface area contributed by atoms with Gasteiger partial charge in [0.15, 0.2) is 0 Å². The van der Waals surface area contributed by atoms with Crippen LogP contribution in [-0.4, -0.2) is 36.0 Å². The Morgan fingerprint density at radius 3 is 2.58 bits per heavy atom. The number of rotatable bonds is 5. The Morgan fingerprint density at radius 2 is 1.95 bits per heavy atom. The molecule has 0 saturated carbocycles. The number of nitrogens with zero attached hydrogens (tertiary/aromatic N) is 1. The molecule has 2 N–H and O–H groups in total. The lowest BCUT2D eigenvalue weighted by Gasteiger charge is -2.24. The monoisotopic (exact) mass is 262 g/mol. The van der Waals surface area contributed by atoms with Crippen LogP contribution in [0, 0.1) is 0 Å². The molecule has 1 fully saturated rings. The molecule has 2 rings (SSSR count). The Balaban J connectivity index is 1.81. The third-order valence-electron chi connectivity index (χ3n) is 3.56. The highest BCUT2D eigenvalue weighted by atomic mass is 16.5. The molecular formula is C15H22N2O2. The maximum Gasteiger partial charge on any atom is 0.242 e. The summed E-state index contributed by atoms with van der Waals surface area (Å²) >= 11 is 0. The number of amides is 1. The lowest BCUT2D eigenvalue weighted by molar-refractivity contribution is -0.135. The molecule has 1 aliphatic heterocycles. The Labute approximate surface area is 114 Å². The van der Waals surface area contributed by atoms with Gasteiger partial charge >= 0.3 is 0 Å². The van der Waals surface area contributed by atoms with Crippen LogP contribution in [0.3, 0.4) is 0 Å². The van der Waals surface area contributed by atoms with E-state index in [-0.39, 0.29) is 12.0 Å². The minimum atomic E-state index is -0.568. The second-order valence-corrected chi connectivity index (χ2v) is 5.06. The Hall–Kier alpha value is -1.39. The molecule has 0 aromatic heterocycles. The molecule has 1 heterocycles. The molecule has 1 aromatic carbocycles. The van der Waals surface area contributed by atoms with Gasteiger partial charge in [0.1, 0.15) is 6.04 Å². The smallest absolute Gasteiger partial charge is 0.242 e. The number of benzene rings is 1. The molecule has 1 aromatic rings. The Kier molecular flexibility index (Phi) is 4.93. The molecule has 2 atom stereocenters. The van der Waals surface area contributed by atoms with Crippen molar-refractivity contribution in [3.63, 3.8) is 0 Å². The minimum absolute atomic E-state index is 0.0121. The summed E-state index contributed by atoms with van der Waals surface area (Å²) < 4.78 is 5.70. The van der Waals surface area contributed by atoms with Crippen LogP contribution >= 0.6 is 0 Å². The van der Waals surface area contributed by atoms with E-state index >= 15 is 0 Å². The first-order valence-electron chi connectivity index (χ1n) is 6.88. The van der Waals surface area contributed by atoms with Crippen molar-refractivity contribution in [1.29, 1.82) is 0 Å². The van der Waals surface area contributed by atoms with Gasteiger partial charge in [-0.05, 0) is 25.3 Å². The fourth-order valence-corrected chi connectivity index (χ4v) is 2.25. The number of hydrogen-bond donors (Lipinski definition) is 1. The predicted octanol–water partition coefficient (Wildman–Crippen LogP) is 1.54. The van der Waals surface area contributed by atoms with Crippen LogP contribution in [0.4, 0.5) is 0 Å². The van der Waals surface area contributed by atoms with Gasteiger partial charge in [-0.2, -0.15) is 0 Å². The van der Waals surface area contributed by atoms with Crippen LogP contribution in [0.5, 0.6) is 0 Å². The fraction of sp³-hybridized carbons (Fsp3) is 0.533. The molecular weight excluding hydrogens is 240 g/mol. The third-order valence-corrected chi connectivity index (χ3v) is 3.56. The van der Waals surface area contributed by atoms with Crippen LogP contribution in [0.2, 0.25) is 0 Å². The summed E-state index contributed by atoms with van der Waals surface area (Å²) in [5, 5.41) is 0. The van der Waals surface area contributed by atoms with E-state index in [2.05, 4.69) is 0 Å². The van der Waals surface area contributed by atoms with Crippen molar-refractivity contribution in [2.45, 2.75) is 38.5 Å². The van der Waals surface area contributed by atoms with E-state index in [0.717, 1.165) is 31.5 Å². The largest absolute Gasteiger partial charge is 0.372 e. The van der Waals surface area contributed by atoms with Crippen LogP contribution < -0.4 is 5.73 Å². The highest BCUT2D eigenvalue weighted by Crippen LogP contribution is 2.12. The van der Waals surface area contributed by atoms with Gasteiger partial charge in [-0.15, -0.1) is 0 Å². The summed E-state index contributed by atoms with van der Waals surface area (Å²) in [7, 11) is 0. The van der Waals surface area contributed by atoms with Gasteiger partial charge in [-0.3, -0.25) is 4.79 Å². The molecule has 0 bridgehead atoms. The van der Waals surface area contributed by atoms with Gasteiger partial charge in [0.25, 0.3) is 0 Å². The van der Waals surface area contributed by atoms with Crippen molar-refractivity contribution in [1.82, 2.24) is 4.90 Å². The zero-order valence-corrected chi connectivity index (χ0v) is 11.4. The van der Waals surface area contributed by atoms with E-state index in [0.29, 0.717) is 6.61 Å². The number of likely N-dealkylation sites (tertiary alicyclic amines) is 1.